The molecule has 7 nitrogen and oxygen atoms in total. The first-order valence-corrected chi connectivity index (χ1v) is 11.0. The number of carbonyl (C=O) groups excluding carboxylic acids is 1. The van der Waals surface area contributed by atoms with Gasteiger partial charge in [0.1, 0.15) is 16.9 Å². The number of nitrogens with one attached hydrogen (secondary N) is 1. The zero-order valence-electron chi connectivity index (χ0n) is 19.3. The first-order valence-electron chi connectivity index (χ1n) is 10.6. The van der Waals surface area contributed by atoms with E-state index in [1.54, 1.807) is 0 Å². The van der Waals surface area contributed by atoms with Crippen molar-refractivity contribution in [3.05, 3.63) is 46.2 Å². The zero-order chi connectivity index (χ0) is 28.4. The standard InChI is InChI=1S/C22H15ClF8N6O/c1-36-13(15-14(21(26,27)28)16(35-37(15)2)20(24,25)22(29,30)31)8-33-17(36)10-3-4-12(23)11(7-10)18(38)34-19(9-32)5-6-19/h3-4,7-8H,5-6H2,1-2H3,(H,34,38). The van der Waals surface area contributed by atoms with E-state index in [0.29, 0.717) is 12.8 Å². The SMILES string of the molecule is Cn1nc(C(F)(F)C(F)(F)F)c(C(F)(F)F)c1-c1cnc(-c2ccc(Cl)c(C(=O)NC3(C#N)CC3)c2)n1C. The van der Waals surface area contributed by atoms with Crippen molar-refractivity contribution in [3.63, 3.8) is 0 Å². The number of aryl methyl sites for hydroxylation is 1. The van der Waals surface area contributed by atoms with Gasteiger partial charge in [-0.2, -0.15) is 45.5 Å². The molecule has 0 atom stereocenters. The molecule has 202 valence electrons. The van der Waals surface area contributed by atoms with E-state index in [0.717, 1.165) is 17.8 Å². The Bertz CT molecular complexity index is 1480. The Morgan fingerprint density at radius 2 is 1.76 bits per heavy atom. The average Bonchev–Trinajstić information content (AvgIpc) is 3.33. The Morgan fingerprint density at radius 3 is 2.29 bits per heavy atom. The fraction of sp³-hybridized carbons (Fsp3) is 0.364. The maximum absolute atomic E-state index is 14.0. The van der Waals surface area contributed by atoms with E-state index >= 15 is 0 Å². The summed E-state index contributed by atoms with van der Waals surface area (Å²) in [6.07, 6.45) is -10.2. The van der Waals surface area contributed by atoms with Crippen molar-refractivity contribution in [1.82, 2.24) is 24.6 Å². The zero-order valence-corrected chi connectivity index (χ0v) is 20.0. The van der Waals surface area contributed by atoms with Crippen LogP contribution >= 0.6 is 11.6 Å². The van der Waals surface area contributed by atoms with Crippen LogP contribution in [0.5, 0.6) is 0 Å². The van der Waals surface area contributed by atoms with Gasteiger partial charge in [0.15, 0.2) is 5.69 Å². The van der Waals surface area contributed by atoms with Gasteiger partial charge < -0.3 is 9.88 Å². The van der Waals surface area contributed by atoms with Crippen molar-refractivity contribution in [2.75, 3.05) is 0 Å². The number of imidazole rings is 1. The molecule has 0 bridgehead atoms. The molecule has 1 amide bonds. The fourth-order valence-electron chi connectivity index (χ4n) is 3.85. The van der Waals surface area contributed by atoms with Gasteiger partial charge in [0.25, 0.3) is 5.91 Å². The van der Waals surface area contributed by atoms with E-state index < -0.39 is 52.4 Å². The normalized spacial score (nSPS) is 15.3. The van der Waals surface area contributed by atoms with Crippen LogP contribution in [-0.4, -0.2) is 37.0 Å². The number of halogens is 9. The molecular weight excluding hydrogens is 552 g/mol. The van der Waals surface area contributed by atoms with Crippen molar-refractivity contribution >= 4 is 17.5 Å². The summed E-state index contributed by atoms with van der Waals surface area (Å²) in [5.74, 6) is -6.64. The Labute approximate surface area is 213 Å². The van der Waals surface area contributed by atoms with Crippen LogP contribution in [0.15, 0.2) is 24.4 Å². The predicted molar refractivity (Wildman–Crippen MR) is 116 cm³/mol. The quantitative estimate of drug-likeness (QED) is 0.407. The third-order valence-corrected chi connectivity index (χ3v) is 6.33. The summed E-state index contributed by atoms with van der Waals surface area (Å²) in [6.45, 7) is 0. The second-order valence-corrected chi connectivity index (χ2v) is 9.04. The number of nitriles is 1. The topological polar surface area (TPSA) is 88.5 Å². The molecule has 0 saturated heterocycles. The van der Waals surface area contributed by atoms with Crippen molar-refractivity contribution in [2.45, 2.75) is 36.7 Å². The molecule has 1 aliphatic carbocycles. The summed E-state index contributed by atoms with van der Waals surface area (Å²) < 4.78 is 110. The van der Waals surface area contributed by atoms with Gasteiger partial charge in [-0.05, 0) is 31.0 Å². The minimum absolute atomic E-state index is 0.000520. The van der Waals surface area contributed by atoms with Crippen molar-refractivity contribution in [2.24, 2.45) is 14.1 Å². The lowest BCUT2D eigenvalue weighted by Gasteiger charge is -2.20. The maximum atomic E-state index is 14.0. The van der Waals surface area contributed by atoms with Crippen molar-refractivity contribution in [1.29, 1.82) is 5.26 Å². The van der Waals surface area contributed by atoms with Gasteiger partial charge in [-0.1, -0.05) is 11.6 Å². The second kappa shape index (κ2) is 8.69. The van der Waals surface area contributed by atoms with Gasteiger partial charge >= 0.3 is 18.3 Å². The molecule has 3 aromatic rings. The van der Waals surface area contributed by atoms with E-state index in [-0.39, 0.29) is 26.7 Å². The summed E-state index contributed by atoms with van der Waals surface area (Å²) in [5.41, 5.74) is -7.24. The summed E-state index contributed by atoms with van der Waals surface area (Å²) in [7, 11) is 2.00. The maximum Gasteiger partial charge on any atom is 0.459 e. The minimum Gasteiger partial charge on any atom is -0.334 e. The molecular formula is C22H15ClF8N6O. The Morgan fingerprint density at radius 1 is 1.13 bits per heavy atom. The number of rotatable bonds is 5. The van der Waals surface area contributed by atoms with Crippen molar-refractivity contribution < 1.29 is 39.9 Å². The highest BCUT2D eigenvalue weighted by molar-refractivity contribution is 6.34. The largest absolute Gasteiger partial charge is 0.459 e. The summed E-state index contributed by atoms with van der Waals surface area (Å²) in [5, 5.41) is 14.6. The van der Waals surface area contributed by atoms with E-state index in [4.69, 9.17) is 11.6 Å². The minimum atomic E-state index is -6.33. The number of hydrogen-bond acceptors (Lipinski definition) is 4. The number of benzene rings is 1. The summed E-state index contributed by atoms with van der Waals surface area (Å²) in [4.78, 5) is 16.7. The molecule has 1 fully saturated rings. The van der Waals surface area contributed by atoms with Gasteiger partial charge in [-0.25, -0.2) is 4.98 Å². The predicted octanol–water partition coefficient (Wildman–Crippen LogP) is 5.60. The van der Waals surface area contributed by atoms with Crippen LogP contribution in [-0.2, 0) is 26.2 Å². The molecule has 0 aliphatic heterocycles. The second-order valence-electron chi connectivity index (χ2n) is 8.63. The van der Waals surface area contributed by atoms with E-state index in [1.807, 2.05) is 6.07 Å². The summed E-state index contributed by atoms with van der Waals surface area (Å²) in [6, 6.07) is 5.92. The third kappa shape index (κ3) is 4.46. The molecule has 38 heavy (non-hydrogen) atoms. The molecule has 1 saturated carbocycles. The Balaban J connectivity index is 1.83. The molecule has 1 N–H and O–H groups in total. The number of nitrogens with zero attached hydrogens (tertiary/aromatic N) is 5. The van der Waals surface area contributed by atoms with E-state index in [1.165, 1.54) is 25.2 Å². The van der Waals surface area contributed by atoms with Gasteiger partial charge in [0, 0.05) is 19.7 Å². The van der Waals surface area contributed by atoms with Gasteiger partial charge in [0.05, 0.1) is 34.2 Å². The van der Waals surface area contributed by atoms with Crippen molar-refractivity contribution in [3.8, 4) is 28.8 Å². The highest BCUT2D eigenvalue weighted by Crippen LogP contribution is 2.50. The van der Waals surface area contributed by atoms with Gasteiger partial charge in [-0.3, -0.25) is 9.48 Å². The highest BCUT2D eigenvalue weighted by Gasteiger charge is 2.64. The number of hydrogen-bond donors (Lipinski definition) is 1. The average molecular weight is 567 g/mol. The molecule has 1 aromatic carbocycles. The smallest absolute Gasteiger partial charge is 0.334 e. The van der Waals surface area contributed by atoms with Crippen LogP contribution in [0.3, 0.4) is 0 Å². The molecule has 4 rings (SSSR count). The fourth-order valence-corrected chi connectivity index (χ4v) is 4.05. The first kappa shape index (κ1) is 27.4. The molecule has 2 aromatic heterocycles. The molecule has 0 spiro atoms. The lowest BCUT2D eigenvalue weighted by molar-refractivity contribution is -0.292. The van der Waals surface area contributed by atoms with Crippen LogP contribution in [0.25, 0.3) is 22.8 Å². The van der Waals surface area contributed by atoms with Crippen LogP contribution < -0.4 is 5.32 Å². The number of carbonyl (C=O) groups is 1. The van der Waals surface area contributed by atoms with Gasteiger partial charge in [-0.15, -0.1) is 0 Å². The van der Waals surface area contributed by atoms with Crippen LogP contribution in [0.2, 0.25) is 5.02 Å². The Hall–Kier alpha value is -3.67. The highest BCUT2D eigenvalue weighted by atomic mass is 35.5. The number of aromatic nitrogens is 4. The monoisotopic (exact) mass is 566 g/mol. The first-order chi connectivity index (χ1) is 17.4. The molecule has 2 heterocycles. The lowest BCUT2D eigenvalue weighted by Crippen LogP contribution is -2.36. The van der Waals surface area contributed by atoms with E-state index in [9.17, 15) is 45.2 Å². The lowest BCUT2D eigenvalue weighted by atomic mass is 10.1. The molecule has 0 unspecified atom stereocenters. The Kier molecular flexibility index (Phi) is 6.26. The van der Waals surface area contributed by atoms with Gasteiger partial charge in [0.2, 0.25) is 0 Å². The molecule has 16 heteroatoms. The number of amides is 1. The van der Waals surface area contributed by atoms with Crippen LogP contribution in [0.4, 0.5) is 35.1 Å². The summed E-state index contributed by atoms with van der Waals surface area (Å²) >= 11 is 6.12. The van der Waals surface area contributed by atoms with Crippen LogP contribution in [0.1, 0.15) is 34.5 Å². The molecule has 1 aliphatic rings. The molecule has 0 radical (unpaired) electrons. The van der Waals surface area contributed by atoms with Crippen LogP contribution in [0, 0.1) is 11.3 Å². The third-order valence-electron chi connectivity index (χ3n) is 6.00. The van der Waals surface area contributed by atoms with E-state index in [2.05, 4.69) is 15.4 Å². The number of alkyl halides is 8.